The van der Waals surface area contributed by atoms with E-state index in [1.54, 1.807) is 0 Å². The van der Waals surface area contributed by atoms with Gasteiger partial charge in [-0.25, -0.2) is 0 Å². The largest absolute Gasteiger partial charge is 0.387 e. The normalized spacial score (nSPS) is 28.1. The van der Waals surface area contributed by atoms with Crippen molar-refractivity contribution in [3.05, 3.63) is 108 Å². The van der Waals surface area contributed by atoms with Gasteiger partial charge < -0.3 is 14.7 Å². The zero-order chi connectivity index (χ0) is 21.4. The van der Waals surface area contributed by atoms with Crippen molar-refractivity contribution in [3.63, 3.8) is 0 Å². The minimum absolute atomic E-state index is 0.00704. The molecule has 5 atom stereocenters. The summed E-state index contributed by atoms with van der Waals surface area (Å²) < 4.78 is 6.03. The van der Waals surface area contributed by atoms with Crippen molar-refractivity contribution in [3.8, 4) is 0 Å². The summed E-state index contributed by atoms with van der Waals surface area (Å²) in [5, 5.41) is 11.7. The third-order valence-electron chi connectivity index (χ3n) is 6.73. The number of hydrogen-bond acceptors (Lipinski definition) is 3. The molecule has 2 saturated heterocycles. The van der Waals surface area contributed by atoms with Gasteiger partial charge in [0.2, 0.25) is 5.91 Å². The van der Waals surface area contributed by atoms with Gasteiger partial charge in [0.25, 0.3) is 0 Å². The molecule has 0 aliphatic carbocycles. The molecule has 3 aromatic carbocycles. The highest BCUT2D eigenvalue weighted by Gasteiger charge is 2.74. The number of epoxide rings is 1. The van der Waals surface area contributed by atoms with Gasteiger partial charge >= 0.3 is 0 Å². The Morgan fingerprint density at radius 2 is 1.52 bits per heavy atom. The smallest absolute Gasteiger partial charge is 0.237 e. The zero-order valence-electron chi connectivity index (χ0n) is 17.6. The number of hydrogen-bond donors (Lipinski definition) is 1. The highest BCUT2D eigenvalue weighted by molar-refractivity contribution is 5.93. The van der Waals surface area contributed by atoms with Gasteiger partial charge in [0.1, 0.15) is 11.5 Å². The van der Waals surface area contributed by atoms with Crippen molar-refractivity contribution in [1.29, 1.82) is 0 Å². The lowest BCUT2D eigenvalue weighted by molar-refractivity contribution is -0.197. The van der Waals surface area contributed by atoms with Crippen LogP contribution in [-0.2, 0) is 16.1 Å². The van der Waals surface area contributed by atoms with E-state index in [0.717, 1.165) is 23.1 Å². The van der Waals surface area contributed by atoms with Crippen LogP contribution < -0.4 is 0 Å². The molecule has 4 heteroatoms. The first-order chi connectivity index (χ1) is 15.2. The summed E-state index contributed by atoms with van der Waals surface area (Å²) in [5.41, 5.74) is 1.82. The number of amides is 1. The molecule has 5 rings (SSSR count). The molecule has 0 aromatic heterocycles. The maximum absolute atomic E-state index is 13.9. The summed E-state index contributed by atoms with van der Waals surface area (Å²) in [4.78, 5) is 15.8. The Morgan fingerprint density at radius 3 is 2.10 bits per heavy atom. The molecule has 1 amide bonds. The monoisotopic (exact) mass is 413 g/mol. The molecule has 0 unspecified atom stereocenters. The highest BCUT2D eigenvalue weighted by atomic mass is 16.6. The van der Waals surface area contributed by atoms with E-state index in [0.29, 0.717) is 6.54 Å². The molecule has 1 N–H and O–H groups in total. The number of likely N-dealkylation sites (tertiary alicyclic amines) is 1. The summed E-state index contributed by atoms with van der Waals surface area (Å²) in [6.45, 7) is 2.57. The second-order valence-corrected chi connectivity index (χ2v) is 8.48. The Hall–Kier alpha value is -2.95. The summed E-state index contributed by atoms with van der Waals surface area (Å²) >= 11 is 0. The van der Waals surface area contributed by atoms with Gasteiger partial charge in [-0.1, -0.05) is 97.9 Å². The fourth-order valence-electron chi connectivity index (χ4n) is 5.19. The van der Waals surface area contributed by atoms with E-state index in [-0.39, 0.29) is 24.2 Å². The molecule has 0 bridgehead atoms. The number of aliphatic hydroxyl groups is 1. The highest BCUT2D eigenvalue weighted by Crippen LogP contribution is 2.64. The fraction of sp³-hybridized carbons (Fsp3) is 0.296. The lowest BCUT2D eigenvalue weighted by atomic mass is 9.60. The summed E-state index contributed by atoms with van der Waals surface area (Å²) in [7, 11) is 0. The lowest BCUT2D eigenvalue weighted by Gasteiger charge is -2.58. The maximum Gasteiger partial charge on any atom is 0.237 e. The Kier molecular flexibility index (Phi) is 5.12. The predicted molar refractivity (Wildman–Crippen MR) is 119 cm³/mol. The van der Waals surface area contributed by atoms with Crippen LogP contribution in [0.2, 0.25) is 0 Å². The second-order valence-electron chi connectivity index (χ2n) is 8.48. The summed E-state index contributed by atoms with van der Waals surface area (Å²) in [5.74, 6) is -0.0393. The first kappa shape index (κ1) is 20.0. The number of carbonyl (C=O) groups is 1. The minimum Gasteiger partial charge on any atom is -0.387 e. The third kappa shape index (κ3) is 3.18. The molecular formula is C27H27NO3. The molecule has 0 saturated carbocycles. The first-order valence-electron chi connectivity index (χ1n) is 11.0. The lowest BCUT2D eigenvalue weighted by Crippen LogP contribution is -2.68. The van der Waals surface area contributed by atoms with Crippen LogP contribution in [0.5, 0.6) is 0 Å². The Labute approximate surface area is 183 Å². The van der Waals surface area contributed by atoms with Crippen molar-refractivity contribution in [2.45, 2.75) is 44.2 Å². The van der Waals surface area contributed by atoms with Crippen LogP contribution in [0.1, 0.15) is 42.2 Å². The van der Waals surface area contributed by atoms with Crippen LogP contribution in [0.15, 0.2) is 91.0 Å². The van der Waals surface area contributed by atoms with E-state index < -0.39 is 11.5 Å². The Balaban J connectivity index is 1.61. The van der Waals surface area contributed by atoms with Crippen LogP contribution in [0.3, 0.4) is 0 Å². The van der Waals surface area contributed by atoms with Gasteiger partial charge in [0.05, 0.1) is 18.2 Å². The van der Waals surface area contributed by atoms with Crippen molar-refractivity contribution in [2.24, 2.45) is 5.41 Å². The molecule has 2 heterocycles. The van der Waals surface area contributed by atoms with Crippen LogP contribution in [-0.4, -0.2) is 28.1 Å². The Bertz CT molecular complexity index is 1040. The Morgan fingerprint density at radius 1 is 0.935 bits per heavy atom. The molecule has 3 aromatic rings. The predicted octanol–water partition coefficient (Wildman–Crippen LogP) is 4.67. The molecule has 2 aliphatic heterocycles. The molecule has 0 spiro atoms. The van der Waals surface area contributed by atoms with Crippen LogP contribution in [0, 0.1) is 5.41 Å². The van der Waals surface area contributed by atoms with Gasteiger partial charge in [-0.05, 0) is 23.1 Å². The third-order valence-corrected chi connectivity index (χ3v) is 6.73. The number of carbonyl (C=O) groups excluding carboxylic acids is 1. The van der Waals surface area contributed by atoms with Gasteiger partial charge in [-0.2, -0.15) is 0 Å². The minimum atomic E-state index is -1.03. The molecule has 0 radical (unpaired) electrons. The van der Waals surface area contributed by atoms with Crippen LogP contribution in [0.25, 0.3) is 0 Å². The summed E-state index contributed by atoms with van der Waals surface area (Å²) in [6.07, 6.45) is -0.425. The van der Waals surface area contributed by atoms with E-state index in [2.05, 4.69) is 6.92 Å². The first-order valence-corrected chi connectivity index (χ1v) is 11.0. The number of aliphatic hydroxyl groups excluding tert-OH is 1. The van der Waals surface area contributed by atoms with E-state index in [9.17, 15) is 9.90 Å². The second kappa shape index (κ2) is 7.95. The number of benzene rings is 3. The number of β-lactam (4-membered cyclic amide) rings is 1. The molecule has 158 valence electrons. The zero-order valence-corrected chi connectivity index (χ0v) is 17.6. The number of nitrogens with zero attached hydrogens (tertiary/aromatic N) is 1. The average molecular weight is 414 g/mol. The van der Waals surface area contributed by atoms with Gasteiger partial charge in [-0.15, -0.1) is 0 Å². The van der Waals surface area contributed by atoms with Gasteiger partial charge in [-0.3, -0.25) is 4.79 Å². The van der Waals surface area contributed by atoms with Crippen molar-refractivity contribution < 1.29 is 14.6 Å². The van der Waals surface area contributed by atoms with Crippen molar-refractivity contribution >= 4 is 5.91 Å². The van der Waals surface area contributed by atoms with E-state index >= 15 is 0 Å². The standard InChI is InChI=1S/C27H27NO3/c1-2-22-25(31-22)27(24(29)21-16-10-5-11-17-21)23(20-14-8-4-9-15-20)28(26(27)30)18-19-12-6-3-7-13-19/h3-17,22-25,29H,2,18H2,1H3/t22-,23-,24+,25+,27+/m1/s1. The van der Waals surface area contributed by atoms with Gasteiger partial charge in [0, 0.05) is 6.54 Å². The molecular weight excluding hydrogens is 386 g/mol. The molecule has 4 nitrogen and oxygen atoms in total. The van der Waals surface area contributed by atoms with E-state index in [1.165, 1.54) is 0 Å². The SMILES string of the molecule is CC[C@H]1O[C@@H]1[C@]1([C@@H](O)c2ccccc2)C(=O)N(Cc2ccccc2)[C@@H]1c1ccccc1. The van der Waals surface area contributed by atoms with Crippen LogP contribution in [0.4, 0.5) is 0 Å². The van der Waals surface area contributed by atoms with Crippen LogP contribution >= 0.6 is 0 Å². The molecule has 2 fully saturated rings. The van der Waals surface area contributed by atoms with E-state index in [1.807, 2.05) is 95.9 Å². The maximum atomic E-state index is 13.9. The fourth-order valence-corrected chi connectivity index (χ4v) is 5.19. The number of ether oxygens (including phenoxy) is 1. The number of rotatable bonds is 7. The topological polar surface area (TPSA) is 53.1 Å². The van der Waals surface area contributed by atoms with Crippen molar-refractivity contribution in [1.82, 2.24) is 4.90 Å². The van der Waals surface area contributed by atoms with E-state index in [4.69, 9.17) is 4.74 Å². The molecule has 31 heavy (non-hydrogen) atoms. The van der Waals surface area contributed by atoms with Crippen molar-refractivity contribution in [2.75, 3.05) is 0 Å². The quantitative estimate of drug-likeness (QED) is 0.452. The molecule has 2 aliphatic rings. The average Bonchev–Trinajstić information content (AvgIpc) is 3.62. The van der Waals surface area contributed by atoms with Gasteiger partial charge in [0.15, 0.2) is 0 Å². The summed E-state index contributed by atoms with van der Waals surface area (Å²) in [6, 6.07) is 29.3.